The summed E-state index contributed by atoms with van der Waals surface area (Å²) in [6, 6.07) is 0. The van der Waals surface area contributed by atoms with E-state index in [2.05, 4.69) is 21.7 Å². The number of amides is 1. The molecule has 0 aromatic carbocycles. The minimum Gasteiger partial charge on any atom is -0.384 e. The Bertz CT molecular complexity index is 413. The first-order valence-corrected chi connectivity index (χ1v) is 9.80. The van der Waals surface area contributed by atoms with Gasteiger partial charge in [-0.15, -0.1) is 0 Å². The summed E-state index contributed by atoms with van der Waals surface area (Å²) in [6.07, 6.45) is 7.42. The van der Waals surface area contributed by atoms with Crippen molar-refractivity contribution in [1.82, 2.24) is 14.7 Å². The molecule has 3 aliphatic rings. The molecule has 1 atom stereocenters. The number of ether oxygens (including phenoxy) is 1. The van der Waals surface area contributed by atoms with Crippen LogP contribution in [-0.2, 0) is 9.53 Å². The number of likely N-dealkylation sites (tertiary alicyclic amines) is 3. The predicted octanol–water partition coefficient (Wildman–Crippen LogP) is 1.68. The van der Waals surface area contributed by atoms with Crippen molar-refractivity contribution in [2.45, 2.75) is 38.5 Å². The fourth-order valence-corrected chi connectivity index (χ4v) is 5.09. The molecule has 1 unspecified atom stereocenters. The van der Waals surface area contributed by atoms with Gasteiger partial charge in [-0.05, 0) is 51.2 Å². The van der Waals surface area contributed by atoms with E-state index >= 15 is 0 Å². The molecule has 3 saturated heterocycles. The summed E-state index contributed by atoms with van der Waals surface area (Å²) in [5.41, 5.74) is 0.365. The van der Waals surface area contributed by atoms with Crippen molar-refractivity contribution in [3.8, 4) is 0 Å². The molecule has 0 N–H and O–H groups in total. The highest BCUT2D eigenvalue weighted by atomic mass is 16.5. The second-order valence-corrected chi connectivity index (χ2v) is 8.28. The zero-order valence-corrected chi connectivity index (χ0v) is 15.6. The van der Waals surface area contributed by atoms with Gasteiger partial charge in [-0.1, -0.05) is 12.8 Å². The normalized spacial score (nSPS) is 29.1. The molecule has 0 aliphatic carbocycles. The predicted molar refractivity (Wildman–Crippen MR) is 96.0 cm³/mol. The van der Waals surface area contributed by atoms with Gasteiger partial charge in [0.1, 0.15) is 0 Å². The average molecular weight is 338 g/mol. The van der Waals surface area contributed by atoms with Crippen LogP contribution in [0, 0.1) is 11.3 Å². The van der Waals surface area contributed by atoms with Crippen LogP contribution in [0.15, 0.2) is 0 Å². The van der Waals surface area contributed by atoms with Crippen LogP contribution >= 0.6 is 0 Å². The Morgan fingerprint density at radius 3 is 2.38 bits per heavy atom. The van der Waals surface area contributed by atoms with Gasteiger partial charge in [0.15, 0.2) is 0 Å². The van der Waals surface area contributed by atoms with Crippen molar-refractivity contribution in [2.75, 3.05) is 66.6 Å². The lowest BCUT2D eigenvalue weighted by atomic mass is 9.71. The second-order valence-electron chi connectivity index (χ2n) is 8.28. The maximum atomic E-state index is 12.7. The zero-order valence-electron chi connectivity index (χ0n) is 15.6. The molecule has 138 valence electrons. The number of hydrogen-bond acceptors (Lipinski definition) is 4. The summed E-state index contributed by atoms with van der Waals surface area (Å²) >= 11 is 0. The number of carbonyl (C=O) groups excluding carboxylic acids is 1. The van der Waals surface area contributed by atoms with E-state index in [1.165, 1.54) is 25.7 Å². The summed E-state index contributed by atoms with van der Waals surface area (Å²) < 4.78 is 5.47. The van der Waals surface area contributed by atoms with Crippen LogP contribution in [-0.4, -0.2) is 87.2 Å². The molecule has 3 heterocycles. The molecule has 1 spiro atoms. The molecular weight excluding hydrogens is 302 g/mol. The van der Waals surface area contributed by atoms with Crippen molar-refractivity contribution in [3.05, 3.63) is 0 Å². The molecule has 0 saturated carbocycles. The molecule has 0 radical (unpaired) electrons. The lowest BCUT2D eigenvalue weighted by Crippen LogP contribution is -2.49. The molecule has 1 amide bonds. The smallest absolute Gasteiger partial charge is 0.236 e. The molecule has 0 bridgehead atoms. The Kier molecular flexibility index (Phi) is 6.17. The Hall–Kier alpha value is -0.650. The van der Waals surface area contributed by atoms with Crippen molar-refractivity contribution < 1.29 is 9.53 Å². The quantitative estimate of drug-likeness (QED) is 0.782. The van der Waals surface area contributed by atoms with Gasteiger partial charge < -0.3 is 14.5 Å². The maximum Gasteiger partial charge on any atom is 0.236 e. The van der Waals surface area contributed by atoms with E-state index in [1.807, 2.05) is 7.11 Å². The third-order valence-corrected chi connectivity index (χ3v) is 6.52. The number of hydrogen-bond donors (Lipinski definition) is 0. The van der Waals surface area contributed by atoms with Crippen LogP contribution in [0.2, 0.25) is 0 Å². The third-order valence-electron chi connectivity index (χ3n) is 6.52. The largest absolute Gasteiger partial charge is 0.384 e. The van der Waals surface area contributed by atoms with Crippen LogP contribution in [0.4, 0.5) is 0 Å². The molecule has 3 aliphatic heterocycles. The van der Waals surface area contributed by atoms with Crippen LogP contribution in [0.25, 0.3) is 0 Å². The van der Waals surface area contributed by atoms with Gasteiger partial charge in [-0.25, -0.2) is 0 Å². The van der Waals surface area contributed by atoms with Gasteiger partial charge in [0, 0.05) is 39.2 Å². The zero-order chi connectivity index (χ0) is 17.0. The van der Waals surface area contributed by atoms with Gasteiger partial charge in [0.25, 0.3) is 0 Å². The Morgan fingerprint density at radius 1 is 1.08 bits per heavy atom. The monoisotopic (exact) mass is 337 g/mol. The lowest BCUT2D eigenvalue weighted by molar-refractivity contribution is -0.135. The molecular formula is C19H35N3O2. The van der Waals surface area contributed by atoms with Crippen LogP contribution in [0.1, 0.15) is 38.5 Å². The van der Waals surface area contributed by atoms with E-state index in [-0.39, 0.29) is 0 Å². The highest BCUT2D eigenvalue weighted by Gasteiger charge is 2.47. The van der Waals surface area contributed by atoms with Crippen LogP contribution in [0.3, 0.4) is 0 Å². The minimum absolute atomic E-state index is 0.349. The van der Waals surface area contributed by atoms with Crippen molar-refractivity contribution >= 4 is 5.91 Å². The summed E-state index contributed by atoms with van der Waals surface area (Å²) in [6.45, 7) is 7.85. The van der Waals surface area contributed by atoms with E-state index in [4.69, 9.17) is 4.74 Å². The highest BCUT2D eigenvalue weighted by molar-refractivity contribution is 5.78. The third kappa shape index (κ3) is 4.12. The summed E-state index contributed by atoms with van der Waals surface area (Å²) in [4.78, 5) is 19.6. The van der Waals surface area contributed by atoms with E-state index in [1.54, 1.807) is 0 Å². The number of piperidine rings is 1. The maximum absolute atomic E-state index is 12.7. The fourth-order valence-electron chi connectivity index (χ4n) is 5.09. The Morgan fingerprint density at radius 2 is 1.75 bits per heavy atom. The molecule has 5 nitrogen and oxygen atoms in total. The van der Waals surface area contributed by atoms with Crippen molar-refractivity contribution in [1.29, 1.82) is 0 Å². The molecule has 0 aromatic rings. The number of rotatable bonds is 4. The highest BCUT2D eigenvalue weighted by Crippen LogP contribution is 2.44. The molecule has 5 heteroatoms. The topological polar surface area (TPSA) is 36.0 Å². The van der Waals surface area contributed by atoms with Gasteiger partial charge in [0.2, 0.25) is 5.91 Å². The van der Waals surface area contributed by atoms with Crippen LogP contribution in [0.5, 0.6) is 0 Å². The van der Waals surface area contributed by atoms with Gasteiger partial charge in [0.05, 0.1) is 13.2 Å². The molecule has 3 rings (SSSR count). The first-order chi connectivity index (χ1) is 11.6. The fraction of sp³-hybridized carbons (Fsp3) is 0.947. The standard InChI is InChI=1S/C19H35N3O2/c1-20-13-17(15-24-2)19(16-20)7-11-22(12-8-19)18(23)14-21-9-5-3-4-6-10-21/h17H,3-16H2,1-2H3. The van der Waals surface area contributed by atoms with Gasteiger partial charge in [-0.3, -0.25) is 9.69 Å². The SMILES string of the molecule is COCC1CN(C)CC12CCN(C(=O)CN1CCCCCC1)CC2. The Balaban J connectivity index is 1.51. The summed E-state index contributed by atoms with van der Waals surface area (Å²) in [5.74, 6) is 0.969. The van der Waals surface area contributed by atoms with Gasteiger partial charge in [-0.2, -0.15) is 0 Å². The van der Waals surface area contributed by atoms with Gasteiger partial charge >= 0.3 is 0 Å². The average Bonchev–Trinajstić information content (AvgIpc) is 2.74. The van der Waals surface area contributed by atoms with Crippen molar-refractivity contribution in [2.24, 2.45) is 11.3 Å². The summed E-state index contributed by atoms with van der Waals surface area (Å²) in [5, 5.41) is 0. The lowest BCUT2D eigenvalue weighted by Gasteiger charge is -2.43. The second kappa shape index (κ2) is 8.15. The molecule has 24 heavy (non-hydrogen) atoms. The molecule has 3 fully saturated rings. The number of methoxy groups -OCH3 is 1. The summed E-state index contributed by atoms with van der Waals surface area (Å²) in [7, 11) is 4.03. The van der Waals surface area contributed by atoms with Crippen LogP contribution < -0.4 is 0 Å². The van der Waals surface area contributed by atoms with Crippen molar-refractivity contribution in [3.63, 3.8) is 0 Å². The first kappa shape index (κ1) is 18.2. The van der Waals surface area contributed by atoms with E-state index in [0.29, 0.717) is 23.8 Å². The van der Waals surface area contributed by atoms with E-state index in [9.17, 15) is 4.79 Å². The molecule has 0 aromatic heterocycles. The first-order valence-electron chi connectivity index (χ1n) is 9.80. The Labute approximate surface area is 147 Å². The number of carbonyl (C=O) groups is 1. The number of nitrogens with zero attached hydrogens (tertiary/aromatic N) is 3. The minimum atomic E-state index is 0.349. The van der Waals surface area contributed by atoms with E-state index < -0.39 is 0 Å². The van der Waals surface area contributed by atoms with E-state index in [0.717, 1.165) is 58.7 Å².